The van der Waals surface area contributed by atoms with Gasteiger partial charge in [0.05, 0.1) is 6.61 Å². The number of Topliss-reactive ketones (excluding diaryl/α,β-unsaturated/α-hetero) is 1. The van der Waals surface area contributed by atoms with Crippen LogP contribution in [0.1, 0.15) is 17.3 Å². The monoisotopic (exact) mass is 235 g/mol. The van der Waals surface area contributed by atoms with Crippen molar-refractivity contribution in [2.45, 2.75) is 6.92 Å². The Labute approximate surface area is 98.9 Å². The molecule has 0 aromatic heterocycles. The summed E-state index contributed by atoms with van der Waals surface area (Å²) in [6.45, 7) is 2.19. The van der Waals surface area contributed by atoms with E-state index in [0.29, 0.717) is 17.2 Å². The van der Waals surface area contributed by atoms with Gasteiger partial charge >= 0.3 is 0 Å². The fourth-order valence-electron chi connectivity index (χ4n) is 1.05. The van der Waals surface area contributed by atoms with Crippen LogP contribution in [0.3, 0.4) is 0 Å². The number of carbonyl (C=O) groups excluding carboxylic acids is 1. The van der Waals surface area contributed by atoms with Crippen LogP contribution < -0.4 is 0 Å². The molecule has 0 saturated carbocycles. The van der Waals surface area contributed by atoms with Crippen molar-refractivity contribution in [3.05, 3.63) is 46.7 Å². The second-order valence-electron chi connectivity index (χ2n) is 2.93. The second-order valence-corrected chi connectivity index (χ2v) is 3.37. The molecule has 1 aromatic carbocycles. The molecule has 0 N–H and O–H groups in total. The summed E-state index contributed by atoms with van der Waals surface area (Å²) in [4.78, 5) is 11.8. The molecule has 1 aromatic rings. The average molecular weight is 236 g/mol. The highest BCUT2D eigenvalue weighted by Gasteiger charge is 2.11. The normalized spacial score (nSPS) is 10.7. The van der Waals surface area contributed by atoms with Crippen LogP contribution in [-0.2, 0) is 4.74 Å². The first-order chi connectivity index (χ1) is 7.69. The van der Waals surface area contributed by atoms with Gasteiger partial charge in [-0.15, -0.1) is 0 Å². The third kappa shape index (κ3) is 3.11. The predicted octanol–water partition coefficient (Wildman–Crippen LogP) is 2.97. The number of ketones is 1. The number of hydrogen-bond acceptors (Lipinski definition) is 3. The highest BCUT2D eigenvalue weighted by atomic mass is 35.5. The van der Waals surface area contributed by atoms with Crippen LogP contribution in [0.4, 0.5) is 0 Å². The van der Waals surface area contributed by atoms with Gasteiger partial charge in [0, 0.05) is 10.6 Å². The fourth-order valence-corrected chi connectivity index (χ4v) is 1.18. The first-order valence-electron chi connectivity index (χ1n) is 4.71. The molecule has 0 aliphatic rings. The molecule has 0 bridgehead atoms. The molecule has 0 atom stereocenters. The van der Waals surface area contributed by atoms with Gasteiger partial charge in [-0.1, -0.05) is 11.6 Å². The fraction of sp³-hybridized carbons (Fsp3) is 0.167. The maximum atomic E-state index is 11.8. The van der Waals surface area contributed by atoms with Gasteiger partial charge in [-0.05, 0) is 31.2 Å². The van der Waals surface area contributed by atoms with E-state index in [1.54, 1.807) is 37.3 Å². The summed E-state index contributed by atoms with van der Waals surface area (Å²) >= 11 is 5.70. The van der Waals surface area contributed by atoms with Gasteiger partial charge < -0.3 is 4.74 Å². The standard InChI is InChI=1S/C12H10ClNO2/c1-2-16-8-10(7-14)12(15)9-3-5-11(13)6-4-9/h3-6,8H,2H2,1H3. The van der Waals surface area contributed by atoms with Crippen molar-refractivity contribution < 1.29 is 9.53 Å². The number of halogens is 1. The molecule has 4 heteroatoms. The number of rotatable bonds is 4. The van der Waals surface area contributed by atoms with Crippen molar-refractivity contribution in [1.82, 2.24) is 0 Å². The second kappa shape index (κ2) is 5.94. The molecule has 0 amide bonds. The molecule has 1 rings (SSSR count). The molecule has 0 unspecified atom stereocenters. The van der Waals surface area contributed by atoms with Crippen molar-refractivity contribution >= 4 is 17.4 Å². The van der Waals surface area contributed by atoms with E-state index >= 15 is 0 Å². The quantitative estimate of drug-likeness (QED) is 0.349. The Hall–Kier alpha value is -1.79. The smallest absolute Gasteiger partial charge is 0.206 e. The number of carbonyl (C=O) groups is 1. The van der Waals surface area contributed by atoms with Gasteiger partial charge in [0.25, 0.3) is 0 Å². The zero-order valence-corrected chi connectivity index (χ0v) is 9.49. The van der Waals surface area contributed by atoms with Crippen LogP contribution in [0.2, 0.25) is 5.02 Å². The van der Waals surface area contributed by atoms with Crippen LogP contribution in [0.15, 0.2) is 36.1 Å². The van der Waals surface area contributed by atoms with Gasteiger partial charge in [0.15, 0.2) is 0 Å². The number of allylic oxidation sites excluding steroid dienone is 1. The van der Waals surface area contributed by atoms with Crippen molar-refractivity contribution in [2.75, 3.05) is 6.61 Å². The van der Waals surface area contributed by atoms with E-state index in [9.17, 15) is 4.79 Å². The summed E-state index contributed by atoms with van der Waals surface area (Å²) in [6, 6.07) is 8.15. The zero-order chi connectivity index (χ0) is 12.0. The molecule has 3 nitrogen and oxygen atoms in total. The molecule has 0 fully saturated rings. The lowest BCUT2D eigenvalue weighted by Gasteiger charge is -2.00. The van der Waals surface area contributed by atoms with Gasteiger partial charge in [0.1, 0.15) is 17.9 Å². The number of nitrogens with zero attached hydrogens (tertiary/aromatic N) is 1. The largest absolute Gasteiger partial charge is 0.500 e. The number of ether oxygens (including phenoxy) is 1. The molecule has 0 spiro atoms. The molecule has 0 radical (unpaired) electrons. The topological polar surface area (TPSA) is 50.1 Å². The van der Waals surface area contributed by atoms with Crippen LogP contribution in [-0.4, -0.2) is 12.4 Å². The Balaban J connectivity index is 2.93. The Kier molecular flexibility index (Phi) is 4.56. The van der Waals surface area contributed by atoms with E-state index in [1.807, 2.05) is 0 Å². The molecule has 0 aliphatic carbocycles. The first kappa shape index (κ1) is 12.3. The molecule has 16 heavy (non-hydrogen) atoms. The Bertz CT molecular complexity index is 443. The molecule has 0 saturated heterocycles. The van der Waals surface area contributed by atoms with Crippen molar-refractivity contribution in [3.8, 4) is 6.07 Å². The summed E-state index contributed by atoms with van der Waals surface area (Å²) in [5.41, 5.74) is 0.390. The minimum atomic E-state index is -0.368. The highest BCUT2D eigenvalue weighted by molar-refractivity contribution is 6.30. The summed E-state index contributed by atoms with van der Waals surface area (Å²) in [5.74, 6) is -0.368. The van der Waals surface area contributed by atoms with E-state index in [2.05, 4.69) is 0 Å². The van der Waals surface area contributed by atoms with E-state index in [0.717, 1.165) is 0 Å². The molecule has 0 aliphatic heterocycles. The van der Waals surface area contributed by atoms with E-state index in [-0.39, 0.29) is 11.4 Å². The average Bonchev–Trinajstić information content (AvgIpc) is 2.30. The van der Waals surface area contributed by atoms with Gasteiger partial charge in [0.2, 0.25) is 5.78 Å². The third-order valence-corrected chi connectivity index (χ3v) is 2.09. The predicted molar refractivity (Wildman–Crippen MR) is 61.1 cm³/mol. The van der Waals surface area contributed by atoms with Crippen molar-refractivity contribution in [2.24, 2.45) is 0 Å². The van der Waals surface area contributed by atoms with Gasteiger partial charge in [-0.25, -0.2) is 0 Å². The lowest BCUT2D eigenvalue weighted by Crippen LogP contribution is -2.02. The Morgan fingerprint density at radius 1 is 1.50 bits per heavy atom. The summed E-state index contributed by atoms with van der Waals surface area (Å²) in [5, 5.41) is 9.34. The van der Waals surface area contributed by atoms with E-state index in [4.69, 9.17) is 21.6 Å². The molecule has 82 valence electrons. The van der Waals surface area contributed by atoms with Gasteiger partial charge in [-0.3, -0.25) is 4.79 Å². The minimum absolute atomic E-state index is 0.0239. The van der Waals surface area contributed by atoms with Crippen molar-refractivity contribution in [1.29, 1.82) is 5.26 Å². The molecular formula is C12H10ClNO2. The molecule has 0 heterocycles. The summed E-state index contributed by atoms with van der Waals surface area (Å²) in [7, 11) is 0. The zero-order valence-electron chi connectivity index (χ0n) is 8.74. The van der Waals surface area contributed by atoms with Crippen LogP contribution >= 0.6 is 11.6 Å². The first-order valence-corrected chi connectivity index (χ1v) is 5.09. The molecular weight excluding hydrogens is 226 g/mol. The number of nitriles is 1. The Morgan fingerprint density at radius 3 is 2.62 bits per heavy atom. The maximum Gasteiger partial charge on any atom is 0.206 e. The van der Waals surface area contributed by atoms with Crippen LogP contribution in [0, 0.1) is 11.3 Å². The summed E-state index contributed by atoms with van der Waals surface area (Å²) < 4.78 is 4.92. The van der Waals surface area contributed by atoms with Crippen LogP contribution in [0.25, 0.3) is 0 Å². The third-order valence-electron chi connectivity index (χ3n) is 1.84. The highest BCUT2D eigenvalue weighted by Crippen LogP contribution is 2.13. The summed E-state index contributed by atoms with van der Waals surface area (Å²) in [6.07, 6.45) is 1.18. The Morgan fingerprint density at radius 2 is 2.12 bits per heavy atom. The van der Waals surface area contributed by atoms with E-state index < -0.39 is 0 Å². The minimum Gasteiger partial charge on any atom is -0.500 e. The SMILES string of the molecule is CCOC=C(C#N)C(=O)c1ccc(Cl)cc1. The van der Waals surface area contributed by atoms with Crippen molar-refractivity contribution in [3.63, 3.8) is 0 Å². The van der Waals surface area contributed by atoms with Gasteiger partial charge in [-0.2, -0.15) is 5.26 Å². The maximum absolute atomic E-state index is 11.8. The van der Waals surface area contributed by atoms with E-state index in [1.165, 1.54) is 6.26 Å². The lowest BCUT2D eigenvalue weighted by molar-refractivity contribution is 0.103. The lowest BCUT2D eigenvalue weighted by atomic mass is 10.1. The van der Waals surface area contributed by atoms with Crippen LogP contribution in [0.5, 0.6) is 0 Å². The number of benzene rings is 1. The number of hydrogen-bond donors (Lipinski definition) is 0.